The van der Waals surface area contributed by atoms with Crippen LogP contribution in [0, 0.1) is 30.6 Å². The molecule has 10 atom stereocenters. The van der Waals surface area contributed by atoms with Gasteiger partial charge in [-0.1, -0.05) is 94.5 Å². The third-order valence-corrected chi connectivity index (χ3v) is 14.2. The van der Waals surface area contributed by atoms with Crippen LogP contribution in [0.2, 0.25) is 0 Å². The number of para-hydroxylation sites is 1. The Morgan fingerprint density at radius 3 is 2.27 bits per heavy atom. The van der Waals surface area contributed by atoms with E-state index >= 15 is 0 Å². The van der Waals surface area contributed by atoms with Crippen LogP contribution in [-0.2, 0) is 52.9 Å². The van der Waals surface area contributed by atoms with Crippen molar-refractivity contribution < 1.29 is 68.4 Å². The molecule has 17 nitrogen and oxygen atoms in total. The third-order valence-electron chi connectivity index (χ3n) is 14.2. The molecule has 0 radical (unpaired) electrons. The van der Waals surface area contributed by atoms with Crippen molar-refractivity contribution in [2.75, 3.05) is 12.4 Å². The molecule has 388 valence electrons. The van der Waals surface area contributed by atoms with Crippen molar-refractivity contribution in [3.8, 4) is 23.0 Å². The van der Waals surface area contributed by atoms with Crippen LogP contribution in [0.15, 0.2) is 96.9 Å². The maximum absolute atomic E-state index is 14.8. The largest absolute Gasteiger partial charge is 0.507 e. The van der Waals surface area contributed by atoms with Gasteiger partial charge in [-0.15, -0.1) is 0 Å². The number of amides is 1. The van der Waals surface area contributed by atoms with Gasteiger partial charge in [0.2, 0.25) is 0 Å². The van der Waals surface area contributed by atoms with Crippen molar-refractivity contribution in [2.45, 2.75) is 111 Å². The molecular weight excluding hydrogens is 939 g/mol. The highest BCUT2D eigenvalue weighted by Crippen LogP contribution is 2.55. The number of allylic oxidation sites excluding steroid dienone is 2. The minimum absolute atomic E-state index is 0.00221. The zero-order valence-corrected chi connectivity index (χ0v) is 42.4. The standard InChI is InChI=1S/C56H65N3O14/c1-28-16-15-17-29(2)54(67)59-45-38(26-58-40(55(68)70-27-35-18-11-10-12-19-35)24-36-25-57-39-21-14-13-20-37(36)39)49(64)42-43(50(45)65)48(63)33(6)52-44(42)53(66)56(8,73-52)71-23-22-41(69-9)30(3)51(72-34(7)60)32(5)47(62)31(4)46(28)61/h10-23,25,28,30-32,40-41,46-47,51,57-58,61-65H,24,26-27H2,1-9H3,(H,59,67)/b16-15+,23-22+,29-17-/t28-,30+,31+,32+,40-,41-,46-,47+,51+,56-/m0/s1. The second-order valence-corrected chi connectivity index (χ2v) is 19.3. The molecule has 8 rings (SSSR count). The number of ketones is 1. The van der Waals surface area contributed by atoms with Gasteiger partial charge in [0.1, 0.15) is 36.0 Å². The number of methoxy groups -OCH3 is 1. The van der Waals surface area contributed by atoms with E-state index in [4.69, 9.17) is 23.7 Å². The van der Waals surface area contributed by atoms with Crippen LogP contribution in [0.25, 0.3) is 21.7 Å². The maximum atomic E-state index is 14.8. The molecule has 4 heterocycles. The Hall–Kier alpha value is -7.18. The lowest BCUT2D eigenvalue weighted by atomic mass is 9.78. The Balaban J connectivity index is 1.36. The van der Waals surface area contributed by atoms with Crippen LogP contribution < -0.4 is 15.4 Å². The number of hydrogen-bond acceptors (Lipinski definition) is 15. The summed E-state index contributed by atoms with van der Waals surface area (Å²) in [4.78, 5) is 58.8. The second-order valence-electron chi connectivity index (χ2n) is 19.3. The number of fused-ring (bicyclic) bond motifs is 15. The molecular formula is C56H65N3O14. The Kier molecular flexibility index (Phi) is 16.4. The molecule has 0 unspecified atom stereocenters. The number of anilines is 1. The van der Waals surface area contributed by atoms with Crippen molar-refractivity contribution in [3.05, 3.63) is 125 Å². The van der Waals surface area contributed by atoms with Crippen LogP contribution in [-0.4, -0.2) is 97.5 Å². The van der Waals surface area contributed by atoms with Gasteiger partial charge in [0.05, 0.1) is 41.2 Å². The number of esters is 2. The number of aliphatic hydroxyl groups excluding tert-OH is 2. The van der Waals surface area contributed by atoms with Gasteiger partial charge in [-0.2, -0.15) is 0 Å². The molecule has 3 aliphatic heterocycles. The number of aromatic nitrogens is 1. The number of nitrogens with one attached hydrogen (secondary N) is 3. The molecule has 5 aromatic rings. The Morgan fingerprint density at radius 2 is 1.58 bits per heavy atom. The van der Waals surface area contributed by atoms with E-state index in [0.29, 0.717) is 0 Å². The molecule has 0 saturated heterocycles. The summed E-state index contributed by atoms with van der Waals surface area (Å²) < 4.78 is 29.7. The molecule has 4 aromatic carbocycles. The first-order valence-corrected chi connectivity index (χ1v) is 24.2. The maximum Gasteiger partial charge on any atom is 0.323 e. The van der Waals surface area contributed by atoms with Gasteiger partial charge in [0, 0.05) is 96.8 Å². The monoisotopic (exact) mass is 1000 g/mol. The average Bonchev–Trinajstić information content (AvgIpc) is 3.91. The number of hydrogen-bond donors (Lipinski definition) is 8. The number of phenols is 3. The highest BCUT2D eigenvalue weighted by Gasteiger charge is 2.50. The van der Waals surface area contributed by atoms with Gasteiger partial charge in [-0.25, -0.2) is 0 Å². The Bertz CT molecular complexity index is 2980. The summed E-state index contributed by atoms with van der Waals surface area (Å²) in [7, 11) is 1.42. The number of aromatic hydroxyl groups is 3. The third kappa shape index (κ3) is 11.0. The lowest BCUT2D eigenvalue weighted by Crippen LogP contribution is -2.46. The van der Waals surface area contributed by atoms with Crippen molar-refractivity contribution in [1.29, 1.82) is 0 Å². The molecule has 0 spiro atoms. The predicted molar refractivity (Wildman–Crippen MR) is 273 cm³/mol. The van der Waals surface area contributed by atoms with Crippen molar-refractivity contribution >= 4 is 51.0 Å². The van der Waals surface area contributed by atoms with Crippen LogP contribution in [0.4, 0.5) is 5.69 Å². The number of ether oxygens (including phenoxy) is 5. The molecule has 0 fully saturated rings. The minimum atomic E-state index is -2.13. The van der Waals surface area contributed by atoms with E-state index in [1.54, 1.807) is 46.0 Å². The van der Waals surface area contributed by atoms with Crippen LogP contribution in [0.3, 0.4) is 0 Å². The molecule has 1 amide bonds. The highest BCUT2D eigenvalue weighted by atomic mass is 16.7. The summed E-state index contributed by atoms with van der Waals surface area (Å²) >= 11 is 0. The number of benzene rings is 4. The number of H-pyrrole nitrogens is 1. The molecule has 73 heavy (non-hydrogen) atoms. The number of carbonyl (C=O) groups excluding carboxylic acids is 4. The molecule has 3 aliphatic rings. The van der Waals surface area contributed by atoms with Crippen molar-refractivity contribution in [1.82, 2.24) is 10.3 Å². The number of rotatable bonds is 10. The fraction of sp³-hybridized carbons (Fsp3) is 0.393. The SMILES string of the molecule is CO[C@H]1/C=C/O[C@@]2(C)Oc3c(C)c(O)c4c(O)c(c(CN[C@@H](Cc5c[nH]c6ccccc56)C(=O)OCc5ccccc5)c(O)c4c3C2=O)NC(=O)/C(C)=C\C=C\[C@H](C)[C@H](O)[C@@H](C)[C@@H](O)[C@@H](C)[C@H](OC(C)=O)[C@@H]1C. The van der Waals surface area contributed by atoms with Crippen LogP contribution in [0.5, 0.6) is 23.0 Å². The molecule has 17 heteroatoms. The predicted octanol–water partition coefficient (Wildman–Crippen LogP) is 7.68. The second kappa shape index (κ2) is 22.3. The first-order valence-electron chi connectivity index (χ1n) is 24.2. The normalized spacial score (nSPS) is 26.9. The van der Waals surface area contributed by atoms with Crippen LogP contribution >= 0.6 is 0 Å². The number of aromatic amines is 1. The summed E-state index contributed by atoms with van der Waals surface area (Å²) in [6.07, 6.45) is 5.16. The first kappa shape index (κ1) is 53.6. The number of Topliss-reactive ketones (excluding diaryl/α,β-unsaturated/α-hetero) is 1. The van der Waals surface area contributed by atoms with Crippen molar-refractivity contribution in [2.24, 2.45) is 23.7 Å². The lowest BCUT2D eigenvalue weighted by molar-refractivity contribution is -0.160. The lowest BCUT2D eigenvalue weighted by Gasteiger charge is -2.38. The summed E-state index contributed by atoms with van der Waals surface area (Å²) in [6.45, 7) is 11.9. The van der Waals surface area contributed by atoms with E-state index < -0.39 is 107 Å². The highest BCUT2D eigenvalue weighted by molar-refractivity contribution is 6.22. The van der Waals surface area contributed by atoms with Gasteiger partial charge < -0.3 is 59.5 Å². The molecule has 1 aromatic heterocycles. The number of aliphatic hydroxyl groups is 2. The number of phenolic OH excluding ortho intramolecular Hbond substituents is 3. The molecule has 0 aliphatic carbocycles. The van der Waals surface area contributed by atoms with Gasteiger partial charge in [0.25, 0.3) is 11.7 Å². The van der Waals surface area contributed by atoms with Crippen LogP contribution in [0.1, 0.15) is 81.1 Å². The van der Waals surface area contributed by atoms with E-state index in [9.17, 15) is 44.7 Å². The first-order chi connectivity index (χ1) is 34.7. The Morgan fingerprint density at radius 1 is 0.877 bits per heavy atom. The summed E-state index contributed by atoms with van der Waals surface area (Å²) in [5.41, 5.74) is 1.70. The number of carbonyl (C=O) groups is 4. The minimum Gasteiger partial charge on any atom is -0.507 e. The van der Waals surface area contributed by atoms with Gasteiger partial charge in [0.15, 0.2) is 5.75 Å². The van der Waals surface area contributed by atoms with E-state index in [-0.39, 0.29) is 57.5 Å². The summed E-state index contributed by atoms with van der Waals surface area (Å²) in [5.74, 6) is -9.68. The summed E-state index contributed by atoms with van der Waals surface area (Å²) in [5, 5.41) is 65.9. The Labute approximate surface area is 423 Å². The molecule has 8 N–H and O–H groups in total. The van der Waals surface area contributed by atoms with E-state index in [1.165, 1.54) is 53.2 Å². The topological polar surface area (TPSA) is 255 Å². The van der Waals surface area contributed by atoms with E-state index in [0.717, 1.165) is 22.0 Å². The van der Waals surface area contributed by atoms with E-state index in [1.807, 2.05) is 54.6 Å². The van der Waals surface area contributed by atoms with Gasteiger partial charge in [-0.3, -0.25) is 24.5 Å². The molecule has 5 bridgehead atoms. The summed E-state index contributed by atoms with van der Waals surface area (Å²) in [6, 6.07) is 15.6. The van der Waals surface area contributed by atoms with Crippen molar-refractivity contribution in [3.63, 3.8) is 0 Å². The van der Waals surface area contributed by atoms with E-state index in [2.05, 4.69) is 15.6 Å². The van der Waals surface area contributed by atoms with Gasteiger partial charge in [-0.05, 0) is 37.1 Å². The fourth-order valence-electron chi connectivity index (χ4n) is 9.77. The average molecular weight is 1000 g/mol. The quantitative estimate of drug-likeness (QED) is 0.0379. The smallest absolute Gasteiger partial charge is 0.323 e. The molecule has 0 saturated carbocycles. The van der Waals surface area contributed by atoms with Gasteiger partial charge >= 0.3 is 17.7 Å². The fourth-order valence-corrected chi connectivity index (χ4v) is 9.77. The zero-order chi connectivity index (χ0) is 53.1. The zero-order valence-electron chi connectivity index (χ0n) is 42.4.